The van der Waals surface area contributed by atoms with Gasteiger partial charge in [0, 0.05) is 11.0 Å². The van der Waals surface area contributed by atoms with Crippen molar-refractivity contribution in [2.45, 2.75) is 25.0 Å². The molecule has 0 amide bonds. The minimum absolute atomic E-state index is 0.275. The predicted molar refractivity (Wildman–Crippen MR) is 93.7 cm³/mol. The van der Waals surface area contributed by atoms with Crippen LogP contribution in [0.25, 0.3) is 0 Å². The van der Waals surface area contributed by atoms with E-state index >= 15 is 0 Å². The lowest BCUT2D eigenvalue weighted by atomic mass is 10.1. The summed E-state index contributed by atoms with van der Waals surface area (Å²) in [5.41, 5.74) is 1.58. The summed E-state index contributed by atoms with van der Waals surface area (Å²) in [5, 5.41) is 22.1. The number of nitro groups is 2. The second-order valence-electron chi connectivity index (χ2n) is 5.68. The standard InChI is InChI=1S/C16H15N3O6S/c1-9-6-12(24-3)7-10(2)15(9)26-19-16(25-19)13-5-4-11(17(20)21)8-14(13)18(22)23/h4-8,16H,1-3H3. The van der Waals surface area contributed by atoms with Gasteiger partial charge in [-0.2, -0.15) is 0 Å². The van der Waals surface area contributed by atoms with Gasteiger partial charge in [-0.25, -0.2) is 0 Å². The number of aryl methyl sites for hydroxylation is 2. The summed E-state index contributed by atoms with van der Waals surface area (Å²) in [6, 6.07) is 7.32. The summed E-state index contributed by atoms with van der Waals surface area (Å²) >= 11 is 1.31. The Morgan fingerprint density at radius 1 is 1.12 bits per heavy atom. The number of benzene rings is 2. The Morgan fingerprint density at radius 3 is 2.31 bits per heavy atom. The Morgan fingerprint density at radius 2 is 1.77 bits per heavy atom. The molecule has 2 unspecified atom stereocenters. The minimum Gasteiger partial charge on any atom is -0.497 e. The molecular weight excluding hydrogens is 362 g/mol. The number of hydrogen-bond donors (Lipinski definition) is 0. The number of methoxy groups -OCH3 is 1. The molecular formula is C16H15N3O6S. The van der Waals surface area contributed by atoms with Gasteiger partial charge in [-0.05, 0) is 55.1 Å². The van der Waals surface area contributed by atoms with Crippen molar-refractivity contribution >= 4 is 23.3 Å². The third-order valence-corrected chi connectivity index (χ3v) is 5.17. The fourth-order valence-corrected chi connectivity index (χ4v) is 3.51. The zero-order chi connectivity index (χ0) is 19.0. The molecule has 10 heteroatoms. The molecule has 0 saturated carbocycles. The number of nitro benzene ring substituents is 2. The molecule has 0 spiro atoms. The second-order valence-corrected chi connectivity index (χ2v) is 6.63. The van der Waals surface area contributed by atoms with E-state index in [1.165, 1.54) is 28.5 Å². The quantitative estimate of drug-likeness (QED) is 0.320. The first-order valence-corrected chi connectivity index (χ1v) is 8.31. The SMILES string of the molecule is COc1cc(C)c(SN2OC2c2ccc([N+](=O)[O-])cc2[N+](=O)[O-])c(C)c1. The van der Waals surface area contributed by atoms with Crippen LogP contribution in [0.1, 0.15) is 22.9 Å². The zero-order valence-electron chi connectivity index (χ0n) is 14.2. The highest BCUT2D eigenvalue weighted by molar-refractivity contribution is 7.97. The summed E-state index contributed by atoms with van der Waals surface area (Å²) in [6.07, 6.45) is -0.637. The molecule has 0 N–H and O–H groups in total. The predicted octanol–water partition coefficient (Wildman–Crippen LogP) is 4.08. The zero-order valence-corrected chi connectivity index (χ0v) is 15.0. The van der Waals surface area contributed by atoms with Gasteiger partial charge >= 0.3 is 0 Å². The smallest absolute Gasteiger partial charge is 0.283 e. The Labute approximate surface area is 152 Å². The number of ether oxygens (including phenoxy) is 1. The van der Waals surface area contributed by atoms with Gasteiger partial charge in [0.25, 0.3) is 11.4 Å². The third-order valence-electron chi connectivity index (χ3n) is 3.89. The fraction of sp³-hybridized carbons (Fsp3) is 0.250. The van der Waals surface area contributed by atoms with E-state index in [2.05, 4.69) is 0 Å². The molecule has 1 aliphatic heterocycles. The second kappa shape index (κ2) is 6.90. The summed E-state index contributed by atoms with van der Waals surface area (Å²) < 4.78 is 6.75. The summed E-state index contributed by atoms with van der Waals surface area (Å²) in [6.45, 7) is 3.87. The molecule has 136 valence electrons. The maximum absolute atomic E-state index is 11.3. The fourth-order valence-electron chi connectivity index (χ4n) is 2.59. The van der Waals surface area contributed by atoms with E-state index in [0.29, 0.717) is 0 Å². The van der Waals surface area contributed by atoms with E-state index in [1.807, 2.05) is 26.0 Å². The topological polar surface area (TPSA) is 111 Å². The van der Waals surface area contributed by atoms with E-state index < -0.39 is 16.1 Å². The van der Waals surface area contributed by atoms with Crippen molar-refractivity contribution in [2.75, 3.05) is 7.11 Å². The van der Waals surface area contributed by atoms with E-state index in [1.54, 1.807) is 7.11 Å². The Bertz CT molecular complexity index is 881. The van der Waals surface area contributed by atoms with Crippen molar-refractivity contribution in [3.05, 3.63) is 67.3 Å². The van der Waals surface area contributed by atoms with Crippen LogP contribution in [0.15, 0.2) is 35.2 Å². The monoisotopic (exact) mass is 377 g/mol. The first-order valence-electron chi connectivity index (χ1n) is 7.53. The van der Waals surface area contributed by atoms with Crippen LogP contribution in [0.2, 0.25) is 0 Å². The van der Waals surface area contributed by atoms with Gasteiger partial charge < -0.3 is 4.74 Å². The first kappa shape index (κ1) is 18.1. The molecule has 0 bridgehead atoms. The van der Waals surface area contributed by atoms with Gasteiger partial charge in [-0.3, -0.25) is 25.1 Å². The van der Waals surface area contributed by atoms with Crippen LogP contribution in [0.4, 0.5) is 11.4 Å². The molecule has 0 aromatic heterocycles. The largest absolute Gasteiger partial charge is 0.497 e. The lowest BCUT2D eigenvalue weighted by Gasteiger charge is -2.10. The average molecular weight is 377 g/mol. The summed E-state index contributed by atoms with van der Waals surface area (Å²) in [5.74, 6) is 0.749. The van der Waals surface area contributed by atoms with Crippen molar-refractivity contribution in [1.82, 2.24) is 4.47 Å². The van der Waals surface area contributed by atoms with Crippen LogP contribution in [0.3, 0.4) is 0 Å². The molecule has 3 rings (SSSR count). The van der Waals surface area contributed by atoms with Crippen LogP contribution in [-0.4, -0.2) is 21.4 Å². The Kier molecular flexibility index (Phi) is 4.81. The molecule has 26 heavy (non-hydrogen) atoms. The van der Waals surface area contributed by atoms with Crippen LogP contribution in [-0.2, 0) is 4.84 Å². The highest BCUT2D eigenvalue weighted by Crippen LogP contribution is 2.50. The molecule has 1 fully saturated rings. The van der Waals surface area contributed by atoms with Crippen LogP contribution >= 0.6 is 11.9 Å². The Hall–Kier alpha value is -2.69. The lowest BCUT2D eigenvalue weighted by Crippen LogP contribution is -1.99. The molecule has 9 nitrogen and oxygen atoms in total. The molecule has 2 aromatic rings. The average Bonchev–Trinajstić information content (AvgIpc) is 3.36. The summed E-state index contributed by atoms with van der Waals surface area (Å²) in [4.78, 5) is 27.2. The molecule has 1 heterocycles. The van der Waals surface area contributed by atoms with Crippen molar-refractivity contribution in [3.63, 3.8) is 0 Å². The molecule has 1 saturated heterocycles. The minimum atomic E-state index is -0.666. The van der Waals surface area contributed by atoms with Crippen molar-refractivity contribution < 1.29 is 19.4 Å². The van der Waals surface area contributed by atoms with E-state index in [0.717, 1.165) is 27.8 Å². The third kappa shape index (κ3) is 3.47. The van der Waals surface area contributed by atoms with Gasteiger partial charge in [0.05, 0.1) is 28.6 Å². The molecule has 2 aromatic carbocycles. The first-order chi connectivity index (χ1) is 12.3. The molecule has 0 radical (unpaired) electrons. The molecule has 2 atom stereocenters. The number of non-ortho nitro benzene ring substituents is 1. The van der Waals surface area contributed by atoms with Gasteiger partial charge in [0.2, 0.25) is 0 Å². The van der Waals surface area contributed by atoms with E-state index in [4.69, 9.17) is 9.57 Å². The molecule has 0 aliphatic carbocycles. The number of hydrogen-bond acceptors (Lipinski definition) is 8. The van der Waals surface area contributed by atoms with Crippen molar-refractivity contribution in [3.8, 4) is 5.75 Å². The maximum Gasteiger partial charge on any atom is 0.283 e. The van der Waals surface area contributed by atoms with Gasteiger partial charge in [0.1, 0.15) is 5.75 Å². The Balaban J connectivity index is 1.83. The maximum atomic E-state index is 11.3. The number of rotatable bonds is 6. The highest BCUT2D eigenvalue weighted by atomic mass is 32.2. The van der Waals surface area contributed by atoms with Crippen molar-refractivity contribution in [2.24, 2.45) is 0 Å². The highest BCUT2D eigenvalue weighted by Gasteiger charge is 2.44. The summed E-state index contributed by atoms with van der Waals surface area (Å²) in [7, 11) is 1.60. The van der Waals surface area contributed by atoms with Crippen LogP contribution in [0.5, 0.6) is 5.75 Å². The van der Waals surface area contributed by atoms with Gasteiger partial charge in [-0.15, -0.1) is 0 Å². The number of nitrogens with zero attached hydrogens (tertiary/aromatic N) is 3. The molecule has 1 aliphatic rings. The van der Waals surface area contributed by atoms with E-state index in [9.17, 15) is 20.2 Å². The van der Waals surface area contributed by atoms with Crippen LogP contribution in [0, 0.1) is 34.1 Å². The normalized spacial score (nSPS) is 18.4. The van der Waals surface area contributed by atoms with E-state index in [-0.39, 0.29) is 16.9 Å². The van der Waals surface area contributed by atoms with Crippen molar-refractivity contribution in [1.29, 1.82) is 0 Å². The number of hydroxylamine groups is 1. The lowest BCUT2D eigenvalue weighted by molar-refractivity contribution is -0.394. The van der Waals surface area contributed by atoms with Crippen LogP contribution < -0.4 is 4.74 Å². The van der Waals surface area contributed by atoms with Gasteiger partial charge in [0.15, 0.2) is 6.23 Å². The van der Waals surface area contributed by atoms with Gasteiger partial charge in [-0.1, -0.05) is 4.47 Å².